The molecule has 2 rings (SSSR count). The highest BCUT2D eigenvalue weighted by Gasteiger charge is 2.28. The van der Waals surface area contributed by atoms with Gasteiger partial charge in [0, 0.05) is 17.0 Å². The predicted molar refractivity (Wildman–Crippen MR) is 76.7 cm³/mol. The molecule has 1 atom stereocenters. The number of para-hydroxylation sites is 1. The van der Waals surface area contributed by atoms with Gasteiger partial charge in [0.2, 0.25) is 0 Å². The van der Waals surface area contributed by atoms with Gasteiger partial charge in [0.15, 0.2) is 0 Å². The minimum atomic E-state index is 0.168. The molecule has 0 bridgehead atoms. The molecule has 1 N–H and O–H groups in total. The van der Waals surface area contributed by atoms with Crippen molar-refractivity contribution in [2.45, 2.75) is 40.2 Å². The summed E-state index contributed by atoms with van der Waals surface area (Å²) in [6.45, 7) is 10.0. The van der Waals surface area contributed by atoms with Gasteiger partial charge < -0.3 is 9.73 Å². The second-order valence-electron chi connectivity index (χ2n) is 5.94. The summed E-state index contributed by atoms with van der Waals surface area (Å²) in [5.74, 6) is 0. The summed E-state index contributed by atoms with van der Waals surface area (Å²) >= 11 is 0. The van der Waals surface area contributed by atoms with Crippen LogP contribution in [0.15, 0.2) is 34.9 Å². The topological polar surface area (TPSA) is 25.2 Å². The molecule has 1 unspecified atom stereocenters. The molecule has 0 saturated heterocycles. The largest absolute Gasteiger partial charge is 0.464 e. The van der Waals surface area contributed by atoms with Gasteiger partial charge in [0.1, 0.15) is 5.58 Å². The molecule has 2 nitrogen and oxygen atoms in total. The molecule has 0 aliphatic carbocycles. The quantitative estimate of drug-likeness (QED) is 0.856. The van der Waals surface area contributed by atoms with E-state index >= 15 is 0 Å². The maximum atomic E-state index is 5.67. The average molecular weight is 245 g/mol. The minimum absolute atomic E-state index is 0.168. The highest BCUT2D eigenvalue weighted by atomic mass is 16.3. The summed E-state index contributed by atoms with van der Waals surface area (Å²) in [7, 11) is 0. The summed E-state index contributed by atoms with van der Waals surface area (Å²) in [4.78, 5) is 0. The van der Waals surface area contributed by atoms with Crippen LogP contribution >= 0.6 is 0 Å². The van der Waals surface area contributed by atoms with Crippen molar-refractivity contribution < 1.29 is 4.42 Å². The van der Waals surface area contributed by atoms with Crippen LogP contribution in [0.25, 0.3) is 11.0 Å². The lowest BCUT2D eigenvalue weighted by Crippen LogP contribution is -2.32. The zero-order valence-corrected chi connectivity index (χ0v) is 11.8. The third kappa shape index (κ3) is 2.59. The van der Waals surface area contributed by atoms with Crippen LogP contribution < -0.4 is 5.32 Å². The predicted octanol–water partition coefficient (Wildman–Crippen LogP) is 4.52. The van der Waals surface area contributed by atoms with E-state index < -0.39 is 0 Å². The Hall–Kier alpha value is -1.28. The number of hydrogen-bond donors (Lipinski definition) is 1. The summed E-state index contributed by atoms with van der Waals surface area (Å²) in [5, 5.41) is 4.87. The summed E-state index contributed by atoms with van der Waals surface area (Å²) in [6, 6.07) is 8.57. The molecule has 0 aliphatic heterocycles. The van der Waals surface area contributed by atoms with Crippen molar-refractivity contribution in [3.8, 4) is 0 Å². The first-order valence-corrected chi connectivity index (χ1v) is 6.73. The Morgan fingerprint density at radius 2 is 1.94 bits per heavy atom. The van der Waals surface area contributed by atoms with Crippen molar-refractivity contribution in [3.05, 3.63) is 36.1 Å². The number of nitrogens with one attached hydrogen (secondary N) is 1. The third-order valence-electron chi connectivity index (χ3n) is 3.29. The third-order valence-corrected chi connectivity index (χ3v) is 3.29. The summed E-state index contributed by atoms with van der Waals surface area (Å²) < 4.78 is 5.67. The molecule has 18 heavy (non-hydrogen) atoms. The molecule has 0 saturated carbocycles. The molecule has 1 heterocycles. The van der Waals surface area contributed by atoms with Crippen LogP contribution in [-0.4, -0.2) is 6.54 Å². The van der Waals surface area contributed by atoms with E-state index in [-0.39, 0.29) is 5.41 Å². The monoisotopic (exact) mass is 245 g/mol. The fraction of sp³-hybridized carbons (Fsp3) is 0.500. The zero-order chi connectivity index (χ0) is 13.2. The molecular formula is C16H23NO. The molecule has 1 aromatic carbocycles. The maximum absolute atomic E-state index is 5.67. The van der Waals surface area contributed by atoms with Crippen LogP contribution in [0.2, 0.25) is 0 Å². The van der Waals surface area contributed by atoms with Crippen LogP contribution in [0.3, 0.4) is 0 Å². The van der Waals surface area contributed by atoms with Crippen molar-refractivity contribution in [1.29, 1.82) is 0 Å². The van der Waals surface area contributed by atoms with E-state index in [9.17, 15) is 0 Å². The van der Waals surface area contributed by atoms with Crippen molar-refractivity contribution in [2.24, 2.45) is 5.41 Å². The highest BCUT2D eigenvalue weighted by molar-refractivity contribution is 5.81. The zero-order valence-electron chi connectivity index (χ0n) is 11.8. The molecular weight excluding hydrogens is 222 g/mol. The van der Waals surface area contributed by atoms with Crippen LogP contribution in [-0.2, 0) is 0 Å². The second-order valence-corrected chi connectivity index (χ2v) is 5.94. The van der Waals surface area contributed by atoms with Crippen molar-refractivity contribution in [3.63, 3.8) is 0 Å². The average Bonchev–Trinajstić information content (AvgIpc) is 2.72. The van der Waals surface area contributed by atoms with Gasteiger partial charge in [-0.3, -0.25) is 0 Å². The van der Waals surface area contributed by atoms with E-state index in [2.05, 4.69) is 45.1 Å². The lowest BCUT2D eigenvalue weighted by Gasteiger charge is -2.31. The van der Waals surface area contributed by atoms with Gasteiger partial charge in [-0.25, -0.2) is 0 Å². The van der Waals surface area contributed by atoms with E-state index in [1.54, 1.807) is 0 Å². The van der Waals surface area contributed by atoms with Crippen molar-refractivity contribution >= 4 is 11.0 Å². The lowest BCUT2D eigenvalue weighted by molar-refractivity contribution is 0.273. The van der Waals surface area contributed by atoms with Gasteiger partial charge in [0.25, 0.3) is 0 Å². The van der Waals surface area contributed by atoms with E-state index in [1.807, 2.05) is 18.4 Å². The number of furan rings is 1. The molecule has 2 aromatic rings. The van der Waals surface area contributed by atoms with E-state index in [4.69, 9.17) is 4.42 Å². The van der Waals surface area contributed by atoms with E-state index in [0.29, 0.717) is 6.04 Å². The van der Waals surface area contributed by atoms with Crippen LogP contribution in [0.4, 0.5) is 0 Å². The van der Waals surface area contributed by atoms with Crippen LogP contribution in [0.5, 0.6) is 0 Å². The SMILES string of the molecule is CCCNC(c1coc2ccccc12)C(C)(C)C. The molecule has 0 radical (unpaired) electrons. The van der Waals surface area contributed by atoms with E-state index in [1.165, 1.54) is 10.9 Å². The Kier molecular flexibility index (Phi) is 3.76. The van der Waals surface area contributed by atoms with E-state index in [0.717, 1.165) is 18.5 Å². The fourth-order valence-electron chi connectivity index (χ4n) is 2.39. The first-order valence-electron chi connectivity index (χ1n) is 6.73. The van der Waals surface area contributed by atoms with Gasteiger partial charge in [-0.2, -0.15) is 0 Å². The Morgan fingerprint density at radius 1 is 1.22 bits per heavy atom. The van der Waals surface area contributed by atoms with Gasteiger partial charge in [-0.1, -0.05) is 45.9 Å². The van der Waals surface area contributed by atoms with Crippen molar-refractivity contribution in [2.75, 3.05) is 6.54 Å². The minimum Gasteiger partial charge on any atom is -0.464 e. The molecule has 98 valence electrons. The Labute approximate surface area is 109 Å². The first-order chi connectivity index (χ1) is 8.54. The molecule has 0 amide bonds. The van der Waals surface area contributed by atoms with Gasteiger partial charge >= 0.3 is 0 Å². The smallest absolute Gasteiger partial charge is 0.134 e. The normalized spacial score (nSPS) is 14.0. The lowest BCUT2D eigenvalue weighted by atomic mass is 9.82. The molecule has 0 fully saturated rings. The summed E-state index contributed by atoms with van der Waals surface area (Å²) in [5.41, 5.74) is 2.41. The molecule has 1 aromatic heterocycles. The highest BCUT2D eigenvalue weighted by Crippen LogP contribution is 2.37. The maximum Gasteiger partial charge on any atom is 0.134 e. The molecule has 0 aliphatic rings. The number of rotatable bonds is 4. The standard InChI is InChI=1S/C16H23NO/c1-5-10-17-15(16(2,3)4)13-11-18-14-9-7-6-8-12(13)14/h6-9,11,15,17H,5,10H2,1-4H3. The number of fused-ring (bicyclic) bond motifs is 1. The van der Waals surface area contributed by atoms with Gasteiger partial charge in [-0.05, 0) is 24.4 Å². The Morgan fingerprint density at radius 3 is 2.61 bits per heavy atom. The molecule has 2 heteroatoms. The summed E-state index contributed by atoms with van der Waals surface area (Å²) in [6.07, 6.45) is 3.05. The Bertz CT molecular complexity index is 507. The van der Waals surface area contributed by atoms with Gasteiger partial charge in [-0.15, -0.1) is 0 Å². The van der Waals surface area contributed by atoms with Crippen molar-refractivity contribution in [1.82, 2.24) is 5.32 Å². The van der Waals surface area contributed by atoms with Crippen LogP contribution in [0.1, 0.15) is 45.7 Å². The number of benzene rings is 1. The Balaban J connectivity index is 2.41. The molecule has 0 spiro atoms. The van der Waals surface area contributed by atoms with Gasteiger partial charge in [0.05, 0.1) is 6.26 Å². The van der Waals surface area contributed by atoms with Crippen LogP contribution in [0, 0.1) is 5.41 Å². The fourth-order valence-corrected chi connectivity index (χ4v) is 2.39. The number of hydrogen-bond acceptors (Lipinski definition) is 2. The second kappa shape index (κ2) is 5.15. The first kappa shape index (κ1) is 13.2.